The van der Waals surface area contributed by atoms with Crippen molar-refractivity contribution in [3.63, 3.8) is 0 Å². The molecular formula is C23H30F2N6O4S. The van der Waals surface area contributed by atoms with E-state index in [-0.39, 0.29) is 30.8 Å². The molecule has 196 valence electrons. The van der Waals surface area contributed by atoms with E-state index in [4.69, 9.17) is 9.84 Å². The normalized spacial score (nSPS) is 19.9. The van der Waals surface area contributed by atoms with Crippen LogP contribution >= 0.6 is 11.8 Å². The number of nitrogens with one attached hydrogen (secondary N) is 1. The highest BCUT2D eigenvalue weighted by molar-refractivity contribution is 7.99. The molecule has 0 bridgehead atoms. The molecule has 36 heavy (non-hydrogen) atoms. The number of hydrogen-bond donors (Lipinski definition) is 4. The minimum atomic E-state index is -1.50. The van der Waals surface area contributed by atoms with Crippen molar-refractivity contribution in [3.05, 3.63) is 35.4 Å². The van der Waals surface area contributed by atoms with E-state index in [0.717, 1.165) is 22.9 Å². The lowest BCUT2D eigenvalue weighted by Gasteiger charge is -2.25. The zero-order valence-corrected chi connectivity index (χ0v) is 20.8. The smallest absolute Gasteiger partial charge is 0.191 e. The Morgan fingerprint density at radius 1 is 1.22 bits per heavy atom. The highest BCUT2D eigenvalue weighted by Gasteiger charge is 2.40. The molecule has 4 N–H and O–H groups in total. The monoisotopic (exact) mass is 524 g/mol. The molecule has 0 aliphatic heterocycles. The molecular weight excluding hydrogens is 494 g/mol. The average molecular weight is 525 g/mol. The van der Waals surface area contributed by atoms with Crippen LogP contribution in [0.4, 0.5) is 14.6 Å². The van der Waals surface area contributed by atoms with Gasteiger partial charge in [-0.25, -0.2) is 18.7 Å². The molecule has 0 amide bonds. The number of ether oxygens (including phenoxy) is 1. The number of hydrogen-bond acceptors (Lipinski definition) is 10. The Morgan fingerprint density at radius 2 is 2.03 bits per heavy atom. The van der Waals surface area contributed by atoms with Gasteiger partial charge in [0.15, 0.2) is 40.0 Å². The average Bonchev–Trinajstić information content (AvgIpc) is 3.51. The van der Waals surface area contributed by atoms with Gasteiger partial charge in [-0.3, -0.25) is 0 Å². The Bertz CT molecular complexity index is 1180. The first kappa shape index (κ1) is 26.6. The van der Waals surface area contributed by atoms with Crippen LogP contribution in [0.5, 0.6) is 0 Å². The first-order valence-electron chi connectivity index (χ1n) is 11.9. The molecule has 13 heteroatoms. The minimum Gasteiger partial charge on any atom is -0.394 e. The minimum absolute atomic E-state index is 0.0201. The summed E-state index contributed by atoms with van der Waals surface area (Å²) in [5.41, 5.74) is 1.23. The zero-order valence-electron chi connectivity index (χ0n) is 20.0. The van der Waals surface area contributed by atoms with E-state index in [1.165, 1.54) is 17.8 Å². The van der Waals surface area contributed by atoms with Crippen LogP contribution in [0.15, 0.2) is 23.4 Å². The van der Waals surface area contributed by atoms with Gasteiger partial charge in [0.1, 0.15) is 6.10 Å². The second kappa shape index (κ2) is 11.7. The molecule has 1 aliphatic carbocycles. The number of thioether (sulfide) groups is 1. The van der Waals surface area contributed by atoms with E-state index in [0.29, 0.717) is 34.9 Å². The standard InChI is InChI=1S/C23H30F2N6O4S/c1-3-9-36-23-27-20(26-16-11-13(16)12-5-6-14(24)15(25)10-12)18-21(28-23)31(30-29-18)22(34)19(33)17(4-2)35-8-7-32/h5-6,10,13,16-17,19,22,32-34H,3-4,7-9,11H2,1-2H3,(H,26,27,28)/t13?,16-,17?,19-,22-/m1/s1. The van der Waals surface area contributed by atoms with E-state index in [9.17, 15) is 19.0 Å². The topological polar surface area (TPSA) is 138 Å². The van der Waals surface area contributed by atoms with Crippen molar-refractivity contribution in [2.45, 2.75) is 68.7 Å². The van der Waals surface area contributed by atoms with Gasteiger partial charge in [-0.15, -0.1) is 5.10 Å². The lowest BCUT2D eigenvalue weighted by molar-refractivity contribution is -0.122. The van der Waals surface area contributed by atoms with Crippen molar-refractivity contribution in [1.29, 1.82) is 0 Å². The number of fused-ring (bicyclic) bond motifs is 1. The maximum Gasteiger partial charge on any atom is 0.191 e. The van der Waals surface area contributed by atoms with Crippen LogP contribution in [0.25, 0.3) is 11.2 Å². The number of halogens is 2. The third-order valence-electron chi connectivity index (χ3n) is 5.99. The SMILES string of the molecule is CCCSc1nc(N[C@@H]2CC2c2ccc(F)c(F)c2)c2nnn([C@H](O)[C@H](O)C(CC)OCCO)c2n1. The van der Waals surface area contributed by atoms with Crippen molar-refractivity contribution in [3.8, 4) is 0 Å². The number of rotatable bonds is 13. The van der Waals surface area contributed by atoms with Gasteiger partial charge in [-0.05, 0) is 37.0 Å². The van der Waals surface area contributed by atoms with Gasteiger partial charge in [-0.2, -0.15) is 4.68 Å². The Hall–Kier alpha value is -2.45. The van der Waals surface area contributed by atoms with E-state index in [2.05, 4.69) is 25.6 Å². The summed E-state index contributed by atoms with van der Waals surface area (Å²) in [5, 5.41) is 42.6. The molecule has 2 heterocycles. The summed E-state index contributed by atoms with van der Waals surface area (Å²) in [5.74, 6) is -0.613. The number of anilines is 1. The summed E-state index contributed by atoms with van der Waals surface area (Å²) < 4.78 is 33.6. The molecule has 2 unspecified atom stereocenters. The van der Waals surface area contributed by atoms with Gasteiger partial charge in [0, 0.05) is 17.7 Å². The van der Waals surface area contributed by atoms with Crippen molar-refractivity contribution >= 4 is 28.7 Å². The number of aliphatic hydroxyl groups excluding tert-OH is 3. The van der Waals surface area contributed by atoms with Crippen LogP contribution in [-0.2, 0) is 4.74 Å². The van der Waals surface area contributed by atoms with Crippen molar-refractivity contribution in [2.75, 3.05) is 24.3 Å². The van der Waals surface area contributed by atoms with Crippen LogP contribution in [-0.4, -0.2) is 77.5 Å². The summed E-state index contributed by atoms with van der Waals surface area (Å²) in [6.45, 7) is 3.64. The molecule has 2 aromatic heterocycles. The number of nitrogens with zero attached hydrogens (tertiary/aromatic N) is 5. The van der Waals surface area contributed by atoms with Gasteiger partial charge >= 0.3 is 0 Å². The maximum absolute atomic E-state index is 13.7. The molecule has 4 rings (SSSR count). The first-order chi connectivity index (χ1) is 17.4. The molecule has 0 radical (unpaired) electrons. The zero-order chi connectivity index (χ0) is 25.8. The lowest BCUT2D eigenvalue weighted by Crippen LogP contribution is -2.37. The molecule has 0 saturated heterocycles. The molecule has 3 aromatic rings. The van der Waals surface area contributed by atoms with Gasteiger partial charge in [-0.1, -0.05) is 36.9 Å². The fourth-order valence-corrected chi connectivity index (χ4v) is 4.68. The van der Waals surface area contributed by atoms with Gasteiger partial charge in [0.25, 0.3) is 0 Å². The van der Waals surface area contributed by atoms with E-state index < -0.39 is 30.1 Å². The van der Waals surface area contributed by atoms with Gasteiger partial charge in [0.05, 0.1) is 19.3 Å². The van der Waals surface area contributed by atoms with Crippen molar-refractivity contribution in [2.24, 2.45) is 0 Å². The van der Waals surface area contributed by atoms with Crippen molar-refractivity contribution < 1.29 is 28.8 Å². The van der Waals surface area contributed by atoms with Crippen LogP contribution in [0, 0.1) is 11.6 Å². The second-order valence-electron chi connectivity index (χ2n) is 8.62. The highest BCUT2D eigenvalue weighted by atomic mass is 32.2. The Balaban J connectivity index is 1.60. The molecule has 5 atom stereocenters. The third kappa shape index (κ3) is 5.75. The van der Waals surface area contributed by atoms with E-state index >= 15 is 0 Å². The highest BCUT2D eigenvalue weighted by Crippen LogP contribution is 2.43. The van der Waals surface area contributed by atoms with Crippen LogP contribution in [0.3, 0.4) is 0 Å². The maximum atomic E-state index is 13.7. The lowest BCUT2D eigenvalue weighted by atomic mass is 10.1. The van der Waals surface area contributed by atoms with E-state index in [1.807, 2.05) is 6.92 Å². The Labute approximate surface area is 211 Å². The molecule has 0 spiro atoms. The summed E-state index contributed by atoms with van der Waals surface area (Å²) >= 11 is 1.43. The Morgan fingerprint density at radius 3 is 2.72 bits per heavy atom. The summed E-state index contributed by atoms with van der Waals surface area (Å²) in [7, 11) is 0. The first-order valence-corrected chi connectivity index (χ1v) is 12.9. The van der Waals surface area contributed by atoms with E-state index in [1.54, 1.807) is 13.0 Å². The summed E-state index contributed by atoms with van der Waals surface area (Å²) in [6, 6.07) is 3.82. The second-order valence-corrected chi connectivity index (χ2v) is 9.68. The molecule has 1 aromatic carbocycles. The quantitative estimate of drug-likeness (QED) is 0.195. The van der Waals surface area contributed by atoms with Crippen LogP contribution < -0.4 is 5.32 Å². The molecule has 1 aliphatic rings. The Kier molecular flexibility index (Phi) is 8.67. The molecule has 1 fully saturated rings. The molecule has 1 saturated carbocycles. The van der Waals surface area contributed by atoms with Crippen LogP contribution in [0.2, 0.25) is 0 Å². The number of benzene rings is 1. The number of aromatic nitrogens is 5. The van der Waals surface area contributed by atoms with Crippen LogP contribution in [0.1, 0.15) is 50.8 Å². The summed E-state index contributed by atoms with van der Waals surface area (Å²) in [4.78, 5) is 9.10. The fourth-order valence-electron chi connectivity index (χ4n) is 3.99. The van der Waals surface area contributed by atoms with Crippen molar-refractivity contribution in [1.82, 2.24) is 25.0 Å². The predicted octanol–water partition coefficient (Wildman–Crippen LogP) is 2.61. The molecule has 10 nitrogen and oxygen atoms in total. The predicted molar refractivity (Wildman–Crippen MR) is 130 cm³/mol. The third-order valence-corrected chi connectivity index (χ3v) is 7.04. The largest absolute Gasteiger partial charge is 0.394 e. The number of aliphatic hydroxyl groups is 3. The van der Waals surface area contributed by atoms with Gasteiger partial charge < -0.3 is 25.4 Å². The van der Waals surface area contributed by atoms with Gasteiger partial charge in [0.2, 0.25) is 0 Å². The summed E-state index contributed by atoms with van der Waals surface area (Å²) in [6.07, 6.45) is -1.58. The fraction of sp³-hybridized carbons (Fsp3) is 0.565.